The highest BCUT2D eigenvalue weighted by Gasteiger charge is 2.13. The van der Waals surface area contributed by atoms with Gasteiger partial charge in [0, 0.05) is 29.9 Å². The minimum Gasteiger partial charge on any atom is -0.378 e. The van der Waals surface area contributed by atoms with E-state index in [9.17, 15) is 4.79 Å². The zero-order chi connectivity index (χ0) is 19.3. The standard InChI is InChI=1S/C22H22N4O2/c1-16-3-2-4-19(15-16)23-22(27)18-7-5-17(6-8-18)20-9-10-21(25-24-20)26-11-13-28-14-12-26/h2-10,15H,11-14H2,1H3,(H,23,27). The second-order valence-corrected chi connectivity index (χ2v) is 6.78. The SMILES string of the molecule is Cc1cccc(NC(=O)c2ccc(-c3ccc(N4CCOCC4)nn3)cc2)c1. The van der Waals surface area contributed by atoms with E-state index >= 15 is 0 Å². The van der Waals surface area contributed by atoms with Gasteiger partial charge < -0.3 is 15.0 Å². The van der Waals surface area contributed by atoms with E-state index in [0.717, 1.165) is 54.6 Å². The third-order valence-electron chi connectivity index (χ3n) is 4.70. The number of hydrogen-bond acceptors (Lipinski definition) is 5. The minimum absolute atomic E-state index is 0.133. The fourth-order valence-electron chi connectivity index (χ4n) is 3.16. The smallest absolute Gasteiger partial charge is 0.255 e. The molecule has 1 saturated heterocycles. The van der Waals surface area contributed by atoms with E-state index in [2.05, 4.69) is 20.4 Å². The van der Waals surface area contributed by atoms with Crippen molar-refractivity contribution in [3.63, 3.8) is 0 Å². The first-order chi connectivity index (χ1) is 13.7. The third-order valence-corrected chi connectivity index (χ3v) is 4.70. The number of carbonyl (C=O) groups is 1. The van der Waals surface area contributed by atoms with E-state index in [-0.39, 0.29) is 5.91 Å². The highest BCUT2D eigenvalue weighted by atomic mass is 16.5. The molecule has 0 unspecified atom stereocenters. The Morgan fingerprint density at radius 1 is 1.00 bits per heavy atom. The first-order valence-corrected chi connectivity index (χ1v) is 9.34. The number of aromatic nitrogens is 2. The highest BCUT2D eigenvalue weighted by molar-refractivity contribution is 6.04. The summed E-state index contributed by atoms with van der Waals surface area (Å²) < 4.78 is 5.37. The normalized spacial score (nSPS) is 14.0. The Balaban J connectivity index is 1.44. The summed E-state index contributed by atoms with van der Waals surface area (Å²) >= 11 is 0. The topological polar surface area (TPSA) is 67.4 Å². The van der Waals surface area contributed by atoms with Crippen LogP contribution in [-0.4, -0.2) is 42.4 Å². The van der Waals surface area contributed by atoms with Gasteiger partial charge in [0.1, 0.15) is 0 Å². The van der Waals surface area contributed by atoms with Crippen LogP contribution in [0.2, 0.25) is 0 Å². The maximum absolute atomic E-state index is 12.4. The number of rotatable bonds is 4. The van der Waals surface area contributed by atoms with E-state index in [4.69, 9.17) is 4.74 Å². The Morgan fingerprint density at radius 3 is 2.46 bits per heavy atom. The lowest BCUT2D eigenvalue weighted by Gasteiger charge is -2.27. The van der Waals surface area contributed by atoms with Gasteiger partial charge in [-0.2, -0.15) is 0 Å². The summed E-state index contributed by atoms with van der Waals surface area (Å²) in [4.78, 5) is 14.6. The number of amides is 1. The molecule has 0 saturated carbocycles. The number of aryl methyl sites for hydroxylation is 1. The van der Waals surface area contributed by atoms with Crippen molar-refractivity contribution >= 4 is 17.4 Å². The van der Waals surface area contributed by atoms with Gasteiger partial charge in [-0.05, 0) is 48.9 Å². The monoisotopic (exact) mass is 374 g/mol. The number of carbonyl (C=O) groups excluding carboxylic acids is 1. The molecule has 0 spiro atoms. The summed E-state index contributed by atoms with van der Waals surface area (Å²) in [6.45, 7) is 5.10. The number of benzene rings is 2. The van der Waals surface area contributed by atoms with Crippen LogP contribution >= 0.6 is 0 Å². The first-order valence-electron chi connectivity index (χ1n) is 9.34. The third kappa shape index (κ3) is 4.18. The van der Waals surface area contributed by atoms with Crippen LogP contribution in [0, 0.1) is 6.92 Å². The zero-order valence-electron chi connectivity index (χ0n) is 15.8. The van der Waals surface area contributed by atoms with Crippen molar-refractivity contribution < 1.29 is 9.53 Å². The van der Waals surface area contributed by atoms with Crippen LogP contribution in [0.5, 0.6) is 0 Å². The summed E-state index contributed by atoms with van der Waals surface area (Å²) in [5, 5.41) is 11.6. The lowest BCUT2D eigenvalue weighted by molar-refractivity contribution is 0.102. The van der Waals surface area contributed by atoms with Crippen LogP contribution in [0.4, 0.5) is 11.5 Å². The van der Waals surface area contributed by atoms with Gasteiger partial charge in [0.25, 0.3) is 5.91 Å². The van der Waals surface area contributed by atoms with Crippen LogP contribution in [0.15, 0.2) is 60.7 Å². The Hall–Kier alpha value is -3.25. The molecule has 4 rings (SSSR count). The molecule has 2 heterocycles. The van der Waals surface area contributed by atoms with Crippen LogP contribution in [0.3, 0.4) is 0 Å². The first kappa shape index (κ1) is 18.1. The van der Waals surface area contributed by atoms with Gasteiger partial charge in [0.15, 0.2) is 5.82 Å². The Morgan fingerprint density at radius 2 is 1.79 bits per heavy atom. The number of nitrogens with one attached hydrogen (secondary N) is 1. The molecule has 1 N–H and O–H groups in total. The summed E-state index contributed by atoms with van der Waals surface area (Å²) in [7, 11) is 0. The second kappa shape index (κ2) is 8.19. The molecule has 0 bridgehead atoms. The van der Waals surface area contributed by atoms with Crippen LogP contribution < -0.4 is 10.2 Å². The molecule has 3 aromatic rings. The van der Waals surface area contributed by atoms with E-state index in [0.29, 0.717) is 5.56 Å². The fraction of sp³-hybridized carbons (Fsp3) is 0.227. The zero-order valence-corrected chi connectivity index (χ0v) is 15.8. The van der Waals surface area contributed by atoms with Crippen molar-refractivity contribution in [2.75, 3.05) is 36.5 Å². The number of nitrogens with zero attached hydrogens (tertiary/aromatic N) is 3. The second-order valence-electron chi connectivity index (χ2n) is 6.78. The van der Waals surface area contributed by atoms with E-state index in [1.54, 1.807) is 12.1 Å². The van der Waals surface area contributed by atoms with Crippen molar-refractivity contribution in [2.24, 2.45) is 0 Å². The molecule has 0 aliphatic carbocycles. The molecule has 6 nitrogen and oxygen atoms in total. The van der Waals surface area contributed by atoms with Gasteiger partial charge >= 0.3 is 0 Å². The molecule has 1 aliphatic rings. The minimum atomic E-state index is -0.133. The number of anilines is 2. The molecule has 1 fully saturated rings. The average Bonchev–Trinajstić information content (AvgIpc) is 2.75. The highest BCUT2D eigenvalue weighted by Crippen LogP contribution is 2.20. The van der Waals surface area contributed by atoms with Crippen molar-refractivity contribution in [1.82, 2.24) is 10.2 Å². The molecule has 1 aromatic heterocycles. The lowest BCUT2D eigenvalue weighted by atomic mass is 10.1. The van der Waals surface area contributed by atoms with Gasteiger partial charge in [0.05, 0.1) is 18.9 Å². The predicted octanol–water partition coefficient (Wildman–Crippen LogP) is 3.54. The summed E-state index contributed by atoms with van der Waals surface area (Å²) in [6.07, 6.45) is 0. The van der Waals surface area contributed by atoms with E-state index < -0.39 is 0 Å². The van der Waals surface area contributed by atoms with Crippen molar-refractivity contribution in [3.8, 4) is 11.3 Å². The molecule has 6 heteroatoms. The lowest BCUT2D eigenvalue weighted by Crippen LogP contribution is -2.36. The molecule has 1 aliphatic heterocycles. The van der Waals surface area contributed by atoms with Crippen molar-refractivity contribution in [1.29, 1.82) is 0 Å². The Kier molecular flexibility index (Phi) is 5.30. The van der Waals surface area contributed by atoms with Gasteiger partial charge in [-0.3, -0.25) is 4.79 Å². The Labute approximate surface area is 164 Å². The number of morpholine rings is 1. The number of ether oxygens (including phenoxy) is 1. The molecular formula is C22H22N4O2. The van der Waals surface area contributed by atoms with Crippen LogP contribution in [0.1, 0.15) is 15.9 Å². The van der Waals surface area contributed by atoms with E-state index in [1.165, 1.54) is 0 Å². The number of hydrogen-bond donors (Lipinski definition) is 1. The quantitative estimate of drug-likeness (QED) is 0.757. The van der Waals surface area contributed by atoms with Crippen molar-refractivity contribution in [2.45, 2.75) is 6.92 Å². The van der Waals surface area contributed by atoms with Gasteiger partial charge in [-0.1, -0.05) is 24.3 Å². The van der Waals surface area contributed by atoms with Gasteiger partial charge in [-0.25, -0.2) is 0 Å². The maximum atomic E-state index is 12.4. The summed E-state index contributed by atoms with van der Waals surface area (Å²) in [5.41, 5.74) is 4.20. The average molecular weight is 374 g/mol. The predicted molar refractivity (Wildman–Crippen MR) is 110 cm³/mol. The summed E-state index contributed by atoms with van der Waals surface area (Å²) in [5.74, 6) is 0.729. The van der Waals surface area contributed by atoms with Gasteiger partial charge in [0.2, 0.25) is 0 Å². The molecule has 142 valence electrons. The maximum Gasteiger partial charge on any atom is 0.255 e. The van der Waals surface area contributed by atoms with Gasteiger partial charge in [-0.15, -0.1) is 10.2 Å². The molecular weight excluding hydrogens is 352 g/mol. The molecule has 0 radical (unpaired) electrons. The molecule has 0 atom stereocenters. The molecule has 28 heavy (non-hydrogen) atoms. The largest absolute Gasteiger partial charge is 0.378 e. The fourth-order valence-corrected chi connectivity index (χ4v) is 3.16. The van der Waals surface area contributed by atoms with Crippen LogP contribution in [-0.2, 0) is 4.74 Å². The van der Waals surface area contributed by atoms with Crippen molar-refractivity contribution in [3.05, 3.63) is 71.8 Å². The Bertz CT molecular complexity index is 949. The molecule has 1 amide bonds. The van der Waals surface area contributed by atoms with Crippen LogP contribution in [0.25, 0.3) is 11.3 Å². The molecule has 2 aromatic carbocycles. The summed E-state index contributed by atoms with van der Waals surface area (Å²) in [6, 6.07) is 19.1. The van der Waals surface area contributed by atoms with E-state index in [1.807, 2.05) is 55.5 Å².